The molecule has 0 amide bonds. The van der Waals surface area contributed by atoms with Crippen LogP contribution in [0.4, 0.5) is 35.1 Å². The van der Waals surface area contributed by atoms with E-state index in [1.165, 1.54) is 22.2 Å². The molecule has 1 aliphatic carbocycles. The molecule has 17 heteroatoms. The Kier molecular flexibility index (Phi) is 8.54. The summed E-state index contributed by atoms with van der Waals surface area (Å²) in [5, 5.41) is 7.00. The van der Waals surface area contributed by atoms with Crippen molar-refractivity contribution in [3.63, 3.8) is 0 Å². The molecule has 1 aromatic carbocycles. The Bertz CT molecular complexity index is 1410. The summed E-state index contributed by atoms with van der Waals surface area (Å²) in [5.41, 5.74) is -5.29. The van der Waals surface area contributed by atoms with Gasteiger partial charge < -0.3 is 0 Å². The van der Waals surface area contributed by atoms with Crippen LogP contribution in [0.3, 0.4) is 0 Å². The van der Waals surface area contributed by atoms with Gasteiger partial charge in [-0.05, 0) is 30.9 Å². The number of piperazine rings is 1. The highest BCUT2D eigenvalue weighted by atomic mass is 32.2. The smallest absolute Gasteiger partial charge is 0.295 e. The lowest BCUT2D eigenvalue weighted by Crippen LogP contribution is -2.62. The van der Waals surface area contributed by atoms with E-state index in [0.717, 1.165) is 0 Å². The average molecular weight is 632 g/mol. The van der Waals surface area contributed by atoms with Crippen molar-refractivity contribution in [2.75, 3.05) is 26.2 Å². The van der Waals surface area contributed by atoms with Crippen molar-refractivity contribution >= 4 is 15.8 Å². The number of aromatic nitrogens is 3. The zero-order valence-electron chi connectivity index (χ0n) is 22.6. The number of carbonyl (C=O) groups excluding carboxylic acids is 1. The summed E-state index contributed by atoms with van der Waals surface area (Å²) in [6.45, 7) is 1.67. The van der Waals surface area contributed by atoms with Crippen LogP contribution in [0.25, 0.3) is 0 Å². The molecule has 1 aliphatic heterocycles. The molecule has 0 spiro atoms. The predicted octanol–water partition coefficient (Wildman–Crippen LogP) is 5.02. The fourth-order valence-electron chi connectivity index (χ4n) is 5.90. The third kappa shape index (κ3) is 6.46. The van der Waals surface area contributed by atoms with Gasteiger partial charge in [0.1, 0.15) is 0 Å². The maximum absolute atomic E-state index is 14.2. The SMILES string of the molecule is CC(CC(=O)c1ccc(C(F)(F)F)cc1C(F)(F)F)C1(N2CCN(S(=O)(=O)c3cn(C)nn3)CC2)CCC(F)(F)CC1. The quantitative estimate of drug-likeness (QED) is 0.315. The van der Waals surface area contributed by atoms with Gasteiger partial charge in [-0.25, -0.2) is 17.2 Å². The molecule has 2 heterocycles. The van der Waals surface area contributed by atoms with E-state index in [-0.39, 0.29) is 50.1 Å². The van der Waals surface area contributed by atoms with Crippen LogP contribution in [0.2, 0.25) is 0 Å². The van der Waals surface area contributed by atoms with E-state index in [1.807, 2.05) is 0 Å². The van der Waals surface area contributed by atoms with Crippen LogP contribution in [0.5, 0.6) is 0 Å². The highest BCUT2D eigenvalue weighted by Gasteiger charge is 2.51. The summed E-state index contributed by atoms with van der Waals surface area (Å²) in [5.74, 6) is -4.84. The van der Waals surface area contributed by atoms with Crippen molar-refractivity contribution in [3.05, 3.63) is 41.1 Å². The molecular formula is C25H29F8N5O3S. The van der Waals surface area contributed by atoms with E-state index in [4.69, 9.17) is 0 Å². The van der Waals surface area contributed by atoms with Crippen molar-refractivity contribution < 1.29 is 48.3 Å². The molecule has 0 radical (unpaired) electrons. The first-order chi connectivity index (χ1) is 19.3. The van der Waals surface area contributed by atoms with Crippen LogP contribution in [-0.4, -0.2) is 76.0 Å². The molecule has 1 saturated carbocycles. The number of sulfonamides is 1. The van der Waals surface area contributed by atoms with Crippen LogP contribution in [-0.2, 0) is 29.4 Å². The number of hydrogen-bond donors (Lipinski definition) is 0. The van der Waals surface area contributed by atoms with E-state index in [1.54, 1.807) is 11.8 Å². The van der Waals surface area contributed by atoms with Gasteiger partial charge in [0.25, 0.3) is 10.0 Å². The summed E-state index contributed by atoms with van der Waals surface area (Å²) in [6, 6.07) is 0.797. The van der Waals surface area contributed by atoms with Gasteiger partial charge in [0.15, 0.2) is 5.78 Å². The van der Waals surface area contributed by atoms with E-state index < -0.39 is 81.5 Å². The van der Waals surface area contributed by atoms with E-state index >= 15 is 0 Å². The molecule has 8 nitrogen and oxygen atoms in total. The number of rotatable bonds is 7. The largest absolute Gasteiger partial charge is 0.417 e. The minimum absolute atomic E-state index is 0.0329. The van der Waals surface area contributed by atoms with Gasteiger partial charge >= 0.3 is 12.4 Å². The highest BCUT2D eigenvalue weighted by molar-refractivity contribution is 7.89. The Balaban J connectivity index is 1.58. The van der Waals surface area contributed by atoms with Gasteiger partial charge in [-0.1, -0.05) is 18.2 Å². The summed E-state index contributed by atoms with van der Waals surface area (Å²) in [7, 11) is -2.49. The first kappa shape index (κ1) is 32.3. The second-order valence-corrected chi connectivity index (χ2v) is 12.8. The molecule has 1 saturated heterocycles. The normalized spacial score (nSPS) is 21.3. The minimum atomic E-state index is -5.25. The fraction of sp³-hybridized carbons (Fsp3) is 0.640. The van der Waals surface area contributed by atoms with Gasteiger partial charge in [0.05, 0.1) is 17.3 Å². The molecular weight excluding hydrogens is 602 g/mol. The van der Waals surface area contributed by atoms with Crippen molar-refractivity contribution in [2.45, 2.75) is 67.9 Å². The second kappa shape index (κ2) is 11.1. The molecule has 1 aromatic heterocycles. The summed E-state index contributed by atoms with van der Waals surface area (Å²) in [6.07, 6.45) is -10.9. The van der Waals surface area contributed by atoms with Crippen LogP contribution < -0.4 is 0 Å². The number of nitrogens with zero attached hydrogens (tertiary/aromatic N) is 5. The van der Waals surface area contributed by atoms with E-state index in [9.17, 15) is 48.3 Å². The fourth-order valence-corrected chi connectivity index (χ4v) is 7.23. The molecule has 0 N–H and O–H groups in total. The lowest BCUT2D eigenvalue weighted by atomic mass is 9.69. The summed E-state index contributed by atoms with van der Waals surface area (Å²) in [4.78, 5) is 15.0. The first-order valence-electron chi connectivity index (χ1n) is 13.1. The Morgan fingerprint density at radius 2 is 1.57 bits per heavy atom. The van der Waals surface area contributed by atoms with Crippen molar-refractivity contribution in [2.24, 2.45) is 13.0 Å². The Hall–Kier alpha value is -2.66. The molecule has 234 valence electrons. The van der Waals surface area contributed by atoms with Gasteiger partial charge in [-0.15, -0.1) is 5.10 Å². The van der Waals surface area contributed by atoms with Crippen molar-refractivity contribution in [3.8, 4) is 0 Å². The Morgan fingerprint density at radius 3 is 2.07 bits per heavy atom. The Labute approximate surface area is 236 Å². The lowest BCUT2D eigenvalue weighted by Gasteiger charge is -2.53. The molecule has 1 atom stereocenters. The Morgan fingerprint density at radius 1 is 0.976 bits per heavy atom. The number of aryl methyl sites for hydroxylation is 1. The maximum atomic E-state index is 14.2. The lowest BCUT2D eigenvalue weighted by molar-refractivity contribution is -0.143. The zero-order valence-corrected chi connectivity index (χ0v) is 23.5. The molecule has 2 fully saturated rings. The van der Waals surface area contributed by atoms with Crippen LogP contribution in [0, 0.1) is 5.92 Å². The van der Waals surface area contributed by atoms with Crippen molar-refractivity contribution in [1.82, 2.24) is 24.2 Å². The second-order valence-electron chi connectivity index (χ2n) is 10.9. The van der Waals surface area contributed by atoms with Crippen LogP contribution in [0.1, 0.15) is 60.5 Å². The molecule has 1 unspecified atom stereocenters. The predicted molar refractivity (Wildman–Crippen MR) is 132 cm³/mol. The number of ketones is 1. The maximum Gasteiger partial charge on any atom is 0.417 e. The number of Topliss-reactive ketones (excluding diaryl/α,β-unsaturated/α-hetero) is 1. The topological polar surface area (TPSA) is 88.4 Å². The van der Waals surface area contributed by atoms with Gasteiger partial charge in [-0.3, -0.25) is 14.4 Å². The molecule has 0 bridgehead atoms. The number of hydrogen-bond acceptors (Lipinski definition) is 6. The average Bonchev–Trinajstić information content (AvgIpc) is 3.34. The number of halogens is 8. The molecule has 4 rings (SSSR count). The number of benzene rings is 1. The monoisotopic (exact) mass is 631 g/mol. The summed E-state index contributed by atoms with van der Waals surface area (Å²) >= 11 is 0. The van der Waals surface area contributed by atoms with Crippen molar-refractivity contribution in [1.29, 1.82) is 0 Å². The van der Waals surface area contributed by atoms with Gasteiger partial charge in [0.2, 0.25) is 10.9 Å². The molecule has 2 aliphatic rings. The molecule has 42 heavy (non-hydrogen) atoms. The molecule has 2 aromatic rings. The zero-order chi connectivity index (χ0) is 31.3. The van der Waals surface area contributed by atoms with E-state index in [2.05, 4.69) is 10.3 Å². The van der Waals surface area contributed by atoms with Crippen LogP contribution in [0.15, 0.2) is 29.4 Å². The first-order valence-corrected chi connectivity index (χ1v) is 14.5. The number of carbonyl (C=O) groups is 1. The third-order valence-corrected chi connectivity index (χ3v) is 10.0. The van der Waals surface area contributed by atoms with Gasteiger partial charge in [-0.2, -0.15) is 30.6 Å². The standard InChI is InChI=1S/C25H29F8N5O3S/c1-16(13-20(39)18-4-3-17(24(28,29)30)14-19(18)25(31,32)33)22(5-7-23(26,27)8-6-22)37-9-11-38(12-10-37)42(40,41)21-15-36(2)35-34-21/h3-4,14-16H,5-13H2,1-2H3. The van der Waals surface area contributed by atoms with E-state index in [0.29, 0.717) is 12.1 Å². The highest BCUT2D eigenvalue weighted by Crippen LogP contribution is 2.47. The third-order valence-electron chi connectivity index (χ3n) is 8.26. The number of alkyl halides is 8. The minimum Gasteiger partial charge on any atom is -0.295 e. The van der Waals surface area contributed by atoms with Gasteiger partial charge in [0, 0.05) is 63.6 Å². The summed E-state index contributed by atoms with van der Waals surface area (Å²) < 4.78 is 137. The van der Waals surface area contributed by atoms with Crippen LogP contribution >= 0.6 is 0 Å².